The van der Waals surface area contributed by atoms with Crippen LogP contribution in [-0.4, -0.2) is 13.3 Å². The van der Waals surface area contributed by atoms with Gasteiger partial charge in [-0.25, -0.2) is 0 Å². The highest BCUT2D eigenvalue weighted by atomic mass is 35.5. The van der Waals surface area contributed by atoms with Crippen molar-refractivity contribution in [2.24, 2.45) is 10.9 Å². The summed E-state index contributed by atoms with van der Waals surface area (Å²) >= 11 is 6.63. The summed E-state index contributed by atoms with van der Waals surface area (Å²) in [7, 11) is 1.62. The Morgan fingerprint density at radius 3 is 2.52 bits per heavy atom. The standard InChI is InChI=1S/C35H33ClN2O2/c1-22-15-23(2)17-25(16-22)21-40-35-31(36)18-24(19-33(35)39-3)20-37-27-13-11-26(12-14-27)34-30-9-6-8-28(30)29-7-4-5-10-32(29)38-34/h4-8,10-20,28,30,34,38H,9,21H2,1-3H3/t28-,30-,34-/m0/s1. The second-order valence-corrected chi connectivity index (χ2v) is 11.1. The first-order valence-electron chi connectivity index (χ1n) is 13.7. The molecule has 0 aromatic heterocycles. The Labute approximate surface area is 241 Å². The summed E-state index contributed by atoms with van der Waals surface area (Å²) < 4.78 is 11.7. The number of para-hydroxylation sites is 1. The Morgan fingerprint density at radius 2 is 1.75 bits per heavy atom. The van der Waals surface area contributed by atoms with Crippen molar-refractivity contribution in [1.29, 1.82) is 0 Å². The molecule has 0 unspecified atom stereocenters. The molecule has 6 rings (SSSR count). The summed E-state index contributed by atoms with van der Waals surface area (Å²) in [6.07, 6.45) is 7.59. The fourth-order valence-electron chi connectivity index (χ4n) is 6.05. The number of nitrogens with one attached hydrogen (secondary N) is 1. The van der Waals surface area contributed by atoms with Crippen molar-refractivity contribution in [1.82, 2.24) is 0 Å². The minimum absolute atomic E-state index is 0.271. The van der Waals surface area contributed by atoms with Gasteiger partial charge in [0.15, 0.2) is 11.5 Å². The quantitative estimate of drug-likeness (QED) is 0.185. The van der Waals surface area contributed by atoms with Crippen LogP contribution >= 0.6 is 11.6 Å². The average molecular weight is 549 g/mol. The third kappa shape index (κ3) is 5.37. The molecule has 4 aromatic carbocycles. The van der Waals surface area contributed by atoms with Crippen LogP contribution in [-0.2, 0) is 6.61 Å². The molecule has 1 N–H and O–H groups in total. The van der Waals surface area contributed by atoms with E-state index in [4.69, 9.17) is 26.1 Å². The van der Waals surface area contributed by atoms with Gasteiger partial charge in [0.25, 0.3) is 0 Å². The van der Waals surface area contributed by atoms with Crippen molar-refractivity contribution in [3.8, 4) is 11.5 Å². The Kier molecular flexibility index (Phi) is 7.36. The van der Waals surface area contributed by atoms with Crippen molar-refractivity contribution in [3.05, 3.63) is 129 Å². The van der Waals surface area contributed by atoms with E-state index in [1.165, 1.54) is 27.9 Å². The van der Waals surface area contributed by atoms with Gasteiger partial charge in [-0.15, -0.1) is 0 Å². The minimum Gasteiger partial charge on any atom is -0.493 e. The van der Waals surface area contributed by atoms with Crippen LogP contribution in [0.2, 0.25) is 5.02 Å². The van der Waals surface area contributed by atoms with Gasteiger partial charge in [-0.05, 0) is 78.8 Å². The highest BCUT2D eigenvalue weighted by molar-refractivity contribution is 6.32. The van der Waals surface area contributed by atoms with Crippen molar-refractivity contribution >= 4 is 29.2 Å². The lowest BCUT2D eigenvalue weighted by Gasteiger charge is -2.37. The number of benzene rings is 4. The summed E-state index contributed by atoms with van der Waals surface area (Å²) in [6.45, 7) is 4.58. The lowest BCUT2D eigenvalue weighted by atomic mass is 9.77. The van der Waals surface area contributed by atoms with E-state index < -0.39 is 0 Å². The number of nitrogens with zero attached hydrogens (tertiary/aromatic N) is 1. The van der Waals surface area contributed by atoms with Crippen LogP contribution in [0, 0.1) is 19.8 Å². The molecule has 1 aliphatic heterocycles. The Balaban J connectivity index is 1.17. The topological polar surface area (TPSA) is 42.8 Å². The largest absolute Gasteiger partial charge is 0.493 e. The SMILES string of the molecule is COc1cc(C=Nc2ccc([C@@H]3Nc4ccccc4[C@@H]4C=CC[C@@H]43)cc2)cc(Cl)c1OCc1cc(C)cc(C)c1. The zero-order valence-corrected chi connectivity index (χ0v) is 23.8. The van der Waals surface area contributed by atoms with E-state index in [9.17, 15) is 0 Å². The first-order valence-corrected chi connectivity index (χ1v) is 14.1. The van der Waals surface area contributed by atoms with Crippen molar-refractivity contribution in [3.63, 3.8) is 0 Å². The van der Waals surface area contributed by atoms with E-state index in [1.807, 2.05) is 18.3 Å². The number of allylic oxidation sites excluding steroid dienone is 2. The van der Waals surface area contributed by atoms with Gasteiger partial charge >= 0.3 is 0 Å². The van der Waals surface area contributed by atoms with Gasteiger partial charge in [0.1, 0.15) is 6.61 Å². The molecule has 5 heteroatoms. The van der Waals surface area contributed by atoms with E-state index in [1.54, 1.807) is 7.11 Å². The molecule has 0 bridgehead atoms. The summed E-state index contributed by atoms with van der Waals surface area (Å²) in [4.78, 5) is 4.71. The van der Waals surface area contributed by atoms with Gasteiger partial charge in [-0.1, -0.05) is 83.4 Å². The van der Waals surface area contributed by atoms with Crippen LogP contribution in [0.15, 0.2) is 96.0 Å². The van der Waals surface area contributed by atoms with Gasteiger partial charge < -0.3 is 14.8 Å². The van der Waals surface area contributed by atoms with Gasteiger partial charge in [0.05, 0.1) is 23.9 Å². The second kappa shape index (κ2) is 11.2. The third-order valence-electron chi connectivity index (χ3n) is 7.80. The number of ether oxygens (including phenoxy) is 2. The zero-order chi connectivity index (χ0) is 27.6. The smallest absolute Gasteiger partial charge is 0.180 e. The number of aryl methyl sites for hydroxylation is 2. The Bertz CT molecular complexity index is 1570. The van der Waals surface area contributed by atoms with E-state index >= 15 is 0 Å². The first-order chi connectivity index (χ1) is 19.5. The molecule has 0 saturated carbocycles. The molecule has 0 amide bonds. The van der Waals surface area contributed by atoms with Gasteiger partial charge in [-0.3, -0.25) is 4.99 Å². The minimum atomic E-state index is 0.271. The number of hydrogen-bond acceptors (Lipinski definition) is 4. The second-order valence-electron chi connectivity index (χ2n) is 10.7. The lowest BCUT2D eigenvalue weighted by Crippen LogP contribution is -2.28. The summed E-state index contributed by atoms with van der Waals surface area (Å²) in [6, 6.07) is 27.6. The number of halogens is 1. The van der Waals surface area contributed by atoms with Crippen LogP contribution in [0.1, 0.15) is 51.8 Å². The highest BCUT2D eigenvalue weighted by Gasteiger charge is 2.37. The normalized spacial score (nSPS) is 19.2. The number of hydrogen-bond donors (Lipinski definition) is 1. The molecule has 0 fully saturated rings. The maximum atomic E-state index is 6.63. The molecular formula is C35H33ClN2O2. The molecule has 3 atom stereocenters. The number of methoxy groups -OCH3 is 1. The van der Waals surface area contributed by atoms with E-state index in [-0.39, 0.29) is 6.04 Å². The number of anilines is 1. The predicted molar refractivity (Wildman–Crippen MR) is 165 cm³/mol. The van der Waals surface area contributed by atoms with E-state index in [0.29, 0.717) is 35.0 Å². The predicted octanol–water partition coefficient (Wildman–Crippen LogP) is 9.12. The number of rotatable bonds is 7. The average Bonchev–Trinajstić information content (AvgIpc) is 3.45. The molecule has 1 heterocycles. The van der Waals surface area contributed by atoms with Gasteiger partial charge in [0.2, 0.25) is 0 Å². The molecule has 40 heavy (non-hydrogen) atoms. The molecule has 0 radical (unpaired) electrons. The van der Waals surface area contributed by atoms with E-state index in [0.717, 1.165) is 23.2 Å². The summed E-state index contributed by atoms with van der Waals surface area (Å²) in [5.41, 5.74) is 9.14. The van der Waals surface area contributed by atoms with Crippen LogP contribution in [0.5, 0.6) is 11.5 Å². The highest BCUT2D eigenvalue weighted by Crippen LogP contribution is 2.49. The van der Waals surface area contributed by atoms with Crippen molar-refractivity contribution in [2.75, 3.05) is 12.4 Å². The number of aliphatic imine (C=N–C) groups is 1. The summed E-state index contributed by atoms with van der Waals surface area (Å²) in [5.74, 6) is 2.10. The molecule has 0 spiro atoms. The van der Waals surface area contributed by atoms with Crippen LogP contribution < -0.4 is 14.8 Å². The van der Waals surface area contributed by atoms with Crippen LogP contribution in [0.3, 0.4) is 0 Å². The van der Waals surface area contributed by atoms with Crippen LogP contribution in [0.25, 0.3) is 0 Å². The third-order valence-corrected chi connectivity index (χ3v) is 8.08. The fraction of sp³-hybridized carbons (Fsp3) is 0.229. The van der Waals surface area contributed by atoms with E-state index in [2.05, 4.69) is 98.0 Å². The maximum Gasteiger partial charge on any atom is 0.180 e. The molecule has 4 aromatic rings. The maximum absolute atomic E-state index is 6.63. The summed E-state index contributed by atoms with van der Waals surface area (Å²) in [5, 5.41) is 4.28. The Morgan fingerprint density at radius 1 is 0.975 bits per heavy atom. The lowest BCUT2D eigenvalue weighted by molar-refractivity contribution is 0.284. The first kappa shape index (κ1) is 26.2. The number of fused-ring (bicyclic) bond motifs is 3. The van der Waals surface area contributed by atoms with Gasteiger partial charge in [-0.2, -0.15) is 0 Å². The molecule has 202 valence electrons. The van der Waals surface area contributed by atoms with Crippen molar-refractivity contribution in [2.45, 2.75) is 38.8 Å². The molecule has 4 nitrogen and oxygen atoms in total. The van der Waals surface area contributed by atoms with Crippen LogP contribution in [0.4, 0.5) is 11.4 Å². The molecular weight excluding hydrogens is 516 g/mol. The van der Waals surface area contributed by atoms with Crippen molar-refractivity contribution < 1.29 is 9.47 Å². The molecule has 2 aliphatic rings. The monoisotopic (exact) mass is 548 g/mol. The molecule has 0 saturated heterocycles. The molecule has 1 aliphatic carbocycles. The fourth-order valence-corrected chi connectivity index (χ4v) is 6.33. The van der Waals surface area contributed by atoms with Gasteiger partial charge in [0, 0.05) is 17.8 Å². The Hall–Kier alpha value is -4.02. The zero-order valence-electron chi connectivity index (χ0n) is 23.0.